The molecule has 1 aliphatic rings. The summed E-state index contributed by atoms with van der Waals surface area (Å²) in [7, 11) is 0. The Morgan fingerprint density at radius 3 is 2.90 bits per heavy atom. The van der Waals surface area contributed by atoms with Crippen LogP contribution in [-0.2, 0) is 0 Å². The van der Waals surface area contributed by atoms with Gasteiger partial charge < -0.3 is 14.8 Å². The summed E-state index contributed by atoms with van der Waals surface area (Å²) in [6.07, 6.45) is 1.63. The quantitative estimate of drug-likeness (QED) is 0.881. The zero-order valence-electron chi connectivity index (χ0n) is 10.8. The van der Waals surface area contributed by atoms with E-state index in [4.69, 9.17) is 9.47 Å². The molecule has 0 unspecified atom stereocenters. The minimum atomic E-state index is -0.356. The van der Waals surface area contributed by atoms with Gasteiger partial charge >= 0.3 is 6.03 Å². The third kappa shape index (κ3) is 2.49. The van der Waals surface area contributed by atoms with Crippen LogP contribution in [0.2, 0.25) is 0 Å². The summed E-state index contributed by atoms with van der Waals surface area (Å²) in [5, 5.41) is 5.41. The molecule has 0 fully saturated rings. The Hall–Kier alpha value is -2.76. The van der Waals surface area contributed by atoms with Gasteiger partial charge in [0.05, 0.1) is 0 Å². The van der Waals surface area contributed by atoms with Gasteiger partial charge in [0.15, 0.2) is 11.5 Å². The first-order chi connectivity index (χ1) is 9.72. The van der Waals surface area contributed by atoms with E-state index in [9.17, 15) is 4.79 Å². The minimum Gasteiger partial charge on any atom is -0.454 e. The molecule has 0 saturated heterocycles. The molecule has 0 bridgehead atoms. The van der Waals surface area contributed by atoms with Crippen molar-refractivity contribution in [2.24, 2.45) is 0 Å². The van der Waals surface area contributed by atoms with E-state index >= 15 is 0 Å². The van der Waals surface area contributed by atoms with Crippen molar-refractivity contribution < 1.29 is 14.3 Å². The van der Waals surface area contributed by atoms with E-state index in [2.05, 4.69) is 15.6 Å². The molecule has 0 saturated carbocycles. The normalized spacial score (nSPS) is 12.1. The molecular weight excluding hydrogens is 258 g/mol. The summed E-state index contributed by atoms with van der Waals surface area (Å²) in [5.41, 5.74) is 1.52. The predicted molar refractivity (Wildman–Crippen MR) is 74.2 cm³/mol. The molecule has 3 rings (SSSR count). The maximum Gasteiger partial charge on any atom is 0.324 e. The number of hydrogen-bond acceptors (Lipinski definition) is 4. The van der Waals surface area contributed by atoms with Gasteiger partial charge in [-0.25, -0.2) is 9.78 Å². The number of aryl methyl sites for hydroxylation is 1. The van der Waals surface area contributed by atoms with Crippen molar-refractivity contribution in [2.45, 2.75) is 6.92 Å². The molecule has 2 heterocycles. The number of ether oxygens (including phenoxy) is 2. The highest BCUT2D eigenvalue weighted by Gasteiger charge is 2.14. The van der Waals surface area contributed by atoms with Gasteiger partial charge in [0.25, 0.3) is 0 Å². The number of nitrogens with one attached hydrogen (secondary N) is 2. The second-order valence-electron chi connectivity index (χ2n) is 4.32. The summed E-state index contributed by atoms with van der Waals surface area (Å²) in [4.78, 5) is 16.0. The number of amides is 2. The number of hydrogen-bond donors (Lipinski definition) is 2. The highest BCUT2D eigenvalue weighted by molar-refractivity contribution is 5.99. The molecule has 0 aliphatic carbocycles. The number of urea groups is 1. The molecule has 1 aromatic carbocycles. The number of carbonyl (C=O) groups excluding carboxylic acids is 1. The van der Waals surface area contributed by atoms with Crippen LogP contribution in [0.5, 0.6) is 11.5 Å². The first-order valence-electron chi connectivity index (χ1n) is 6.11. The first kappa shape index (κ1) is 12.3. The van der Waals surface area contributed by atoms with Crippen molar-refractivity contribution in [1.29, 1.82) is 0 Å². The zero-order valence-corrected chi connectivity index (χ0v) is 10.8. The van der Waals surface area contributed by atoms with Gasteiger partial charge in [-0.1, -0.05) is 6.07 Å². The number of aromatic nitrogens is 1. The molecule has 20 heavy (non-hydrogen) atoms. The molecule has 2 amide bonds. The van der Waals surface area contributed by atoms with Gasteiger partial charge in [-0.05, 0) is 30.7 Å². The van der Waals surface area contributed by atoms with Crippen LogP contribution >= 0.6 is 0 Å². The lowest BCUT2D eigenvalue weighted by Crippen LogP contribution is -2.20. The number of fused-ring (bicyclic) bond motifs is 1. The van der Waals surface area contributed by atoms with E-state index < -0.39 is 0 Å². The highest BCUT2D eigenvalue weighted by atomic mass is 16.7. The third-order valence-corrected chi connectivity index (χ3v) is 2.87. The second-order valence-corrected chi connectivity index (χ2v) is 4.32. The molecular formula is C14H13N3O3. The molecule has 6 heteroatoms. The molecule has 0 spiro atoms. The molecule has 2 N–H and O–H groups in total. The van der Waals surface area contributed by atoms with Crippen LogP contribution in [-0.4, -0.2) is 17.8 Å². The summed E-state index contributed by atoms with van der Waals surface area (Å²) in [5.74, 6) is 1.83. The Bertz CT molecular complexity index is 658. The summed E-state index contributed by atoms with van der Waals surface area (Å²) in [6.45, 7) is 2.08. The Labute approximate surface area is 115 Å². The maximum atomic E-state index is 11.9. The van der Waals surface area contributed by atoms with Crippen molar-refractivity contribution in [1.82, 2.24) is 4.98 Å². The van der Waals surface area contributed by atoms with Crippen LogP contribution < -0.4 is 20.1 Å². The second kappa shape index (κ2) is 5.08. The van der Waals surface area contributed by atoms with Crippen molar-refractivity contribution in [3.63, 3.8) is 0 Å². The smallest absolute Gasteiger partial charge is 0.324 e. The number of rotatable bonds is 2. The number of pyridine rings is 1. The number of anilines is 2. The number of benzene rings is 1. The summed E-state index contributed by atoms with van der Waals surface area (Å²) in [6, 6.07) is 8.56. The lowest BCUT2D eigenvalue weighted by atomic mass is 10.3. The first-order valence-corrected chi connectivity index (χ1v) is 6.11. The zero-order chi connectivity index (χ0) is 13.9. The van der Waals surface area contributed by atoms with Gasteiger partial charge in [-0.2, -0.15) is 0 Å². The molecule has 0 atom stereocenters. The Balaban J connectivity index is 1.69. The van der Waals surface area contributed by atoms with Gasteiger partial charge in [0, 0.05) is 18.0 Å². The van der Waals surface area contributed by atoms with Gasteiger partial charge in [0.1, 0.15) is 5.82 Å². The van der Waals surface area contributed by atoms with Crippen LogP contribution in [0.25, 0.3) is 0 Å². The fourth-order valence-electron chi connectivity index (χ4n) is 1.86. The van der Waals surface area contributed by atoms with Gasteiger partial charge in [-0.15, -0.1) is 0 Å². The number of carbonyl (C=O) groups is 1. The van der Waals surface area contributed by atoms with Crippen LogP contribution in [0.3, 0.4) is 0 Å². The molecule has 0 radical (unpaired) electrons. The Morgan fingerprint density at radius 2 is 2.05 bits per heavy atom. The molecule has 1 aromatic heterocycles. The van der Waals surface area contributed by atoms with Crippen LogP contribution in [0.1, 0.15) is 5.56 Å². The maximum absolute atomic E-state index is 11.9. The van der Waals surface area contributed by atoms with Gasteiger partial charge in [0.2, 0.25) is 6.79 Å². The van der Waals surface area contributed by atoms with Gasteiger partial charge in [-0.3, -0.25) is 5.32 Å². The molecule has 6 nitrogen and oxygen atoms in total. The molecule has 2 aromatic rings. The predicted octanol–water partition coefficient (Wildman–Crippen LogP) is 2.76. The molecule has 1 aliphatic heterocycles. The average Bonchev–Trinajstić information content (AvgIpc) is 2.89. The van der Waals surface area contributed by atoms with E-state index in [0.29, 0.717) is 23.0 Å². The van der Waals surface area contributed by atoms with Crippen molar-refractivity contribution in [3.05, 3.63) is 42.1 Å². The van der Waals surface area contributed by atoms with E-state index in [1.807, 2.05) is 19.1 Å². The van der Waals surface area contributed by atoms with E-state index in [-0.39, 0.29) is 12.8 Å². The molecule has 102 valence electrons. The van der Waals surface area contributed by atoms with Crippen LogP contribution in [0, 0.1) is 6.92 Å². The average molecular weight is 271 g/mol. The van der Waals surface area contributed by atoms with E-state index in [1.165, 1.54) is 0 Å². The topological polar surface area (TPSA) is 72.5 Å². The monoisotopic (exact) mass is 271 g/mol. The van der Waals surface area contributed by atoms with Crippen LogP contribution in [0.15, 0.2) is 36.5 Å². The fraction of sp³-hybridized carbons (Fsp3) is 0.143. The Kier molecular flexibility index (Phi) is 3.12. The van der Waals surface area contributed by atoms with Crippen LogP contribution in [0.4, 0.5) is 16.3 Å². The fourth-order valence-corrected chi connectivity index (χ4v) is 1.86. The Morgan fingerprint density at radius 1 is 1.20 bits per heavy atom. The lowest BCUT2D eigenvalue weighted by Gasteiger charge is -2.09. The largest absolute Gasteiger partial charge is 0.454 e. The summed E-state index contributed by atoms with van der Waals surface area (Å²) < 4.78 is 10.5. The van der Waals surface area contributed by atoms with E-state index in [1.54, 1.807) is 24.4 Å². The van der Waals surface area contributed by atoms with Crippen molar-refractivity contribution in [2.75, 3.05) is 17.4 Å². The lowest BCUT2D eigenvalue weighted by molar-refractivity contribution is 0.174. The summed E-state index contributed by atoms with van der Waals surface area (Å²) >= 11 is 0. The number of nitrogens with zero attached hydrogens (tertiary/aromatic N) is 1. The third-order valence-electron chi connectivity index (χ3n) is 2.87. The SMILES string of the molecule is Cc1cccnc1NC(=O)Nc1ccc2c(c1)OCO2. The van der Waals surface area contributed by atoms with E-state index in [0.717, 1.165) is 5.56 Å². The minimum absolute atomic E-state index is 0.206. The highest BCUT2D eigenvalue weighted by Crippen LogP contribution is 2.34. The standard InChI is InChI=1S/C14H13N3O3/c1-9-3-2-6-15-13(9)17-14(18)16-10-4-5-11-12(7-10)20-8-19-11/h2-7H,8H2,1H3,(H2,15,16,17,18). The van der Waals surface area contributed by atoms with Crippen molar-refractivity contribution >= 4 is 17.5 Å². The van der Waals surface area contributed by atoms with Crippen molar-refractivity contribution in [3.8, 4) is 11.5 Å².